The van der Waals surface area contributed by atoms with Gasteiger partial charge in [0, 0.05) is 19.2 Å². The molecular formula is C24H35BF4N3O6. The van der Waals surface area contributed by atoms with Gasteiger partial charge in [0.2, 0.25) is 0 Å². The molecule has 1 aliphatic rings. The molecule has 38 heavy (non-hydrogen) atoms. The molecule has 1 aromatic rings. The highest BCUT2D eigenvalue weighted by atomic mass is 19.4. The molecule has 1 aliphatic heterocycles. The maximum absolute atomic E-state index is 14.9. The minimum Gasteiger partial charge on any atom is -0.485 e. The Morgan fingerprint density at radius 1 is 1.26 bits per heavy atom. The predicted octanol–water partition coefficient (Wildman–Crippen LogP) is 3.95. The fourth-order valence-corrected chi connectivity index (χ4v) is 3.13. The Bertz CT molecular complexity index is 966. The molecule has 2 rings (SSSR count). The number of hydrogen-bond donors (Lipinski definition) is 3. The maximum Gasteiger partial charge on any atom is 0.422 e. The van der Waals surface area contributed by atoms with Crippen molar-refractivity contribution in [2.24, 2.45) is 0 Å². The van der Waals surface area contributed by atoms with Gasteiger partial charge in [0.15, 0.2) is 12.9 Å². The number of amides is 2. The van der Waals surface area contributed by atoms with Crippen LogP contribution in [0, 0.1) is 11.2 Å². The summed E-state index contributed by atoms with van der Waals surface area (Å²) in [6.45, 7) is 6.33. The first-order valence-corrected chi connectivity index (χ1v) is 12.2. The molecule has 1 aromatic carbocycles. The molecule has 1 radical (unpaired) electrons. The summed E-state index contributed by atoms with van der Waals surface area (Å²) in [6, 6.07) is 0.851. The topological polar surface area (TPSA) is 113 Å². The number of nitrogens with one attached hydrogen (secondary N) is 2. The molecule has 14 heteroatoms. The number of carbonyl (C=O) groups is 1. The van der Waals surface area contributed by atoms with E-state index < -0.39 is 53.6 Å². The largest absolute Gasteiger partial charge is 0.485 e. The van der Waals surface area contributed by atoms with E-state index >= 15 is 0 Å². The van der Waals surface area contributed by atoms with E-state index in [9.17, 15) is 27.5 Å². The molecule has 0 bridgehead atoms. The van der Waals surface area contributed by atoms with Gasteiger partial charge in [-0.2, -0.15) is 13.2 Å². The molecular weight excluding hydrogens is 513 g/mol. The second-order valence-corrected chi connectivity index (χ2v) is 9.81. The molecule has 0 saturated carbocycles. The van der Waals surface area contributed by atoms with Gasteiger partial charge in [-0.1, -0.05) is 0 Å². The molecule has 1 unspecified atom stereocenters. The molecule has 1 fully saturated rings. The van der Waals surface area contributed by atoms with Crippen LogP contribution in [0.15, 0.2) is 12.1 Å². The Balaban J connectivity index is 2.19. The van der Waals surface area contributed by atoms with Crippen LogP contribution in [0.4, 0.5) is 28.0 Å². The summed E-state index contributed by atoms with van der Waals surface area (Å²) in [4.78, 5) is 13.8. The van der Waals surface area contributed by atoms with Crippen LogP contribution in [0.3, 0.4) is 0 Å². The Kier molecular flexibility index (Phi) is 11.0. The number of halogens is 4. The van der Waals surface area contributed by atoms with Crippen LogP contribution in [-0.2, 0) is 14.1 Å². The number of likely N-dealkylation sites (N-methyl/N-ethyl adjacent to an activating group) is 1. The van der Waals surface area contributed by atoms with E-state index in [1.165, 1.54) is 13.8 Å². The number of alkyl halides is 3. The monoisotopic (exact) mass is 548 g/mol. The van der Waals surface area contributed by atoms with Crippen molar-refractivity contribution in [1.29, 1.82) is 5.41 Å². The van der Waals surface area contributed by atoms with Crippen molar-refractivity contribution < 1.29 is 46.3 Å². The van der Waals surface area contributed by atoms with Crippen molar-refractivity contribution in [3.63, 3.8) is 0 Å². The Morgan fingerprint density at radius 2 is 1.95 bits per heavy atom. The zero-order valence-electron chi connectivity index (χ0n) is 22.2. The van der Waals surface area contributed by atoms with Gasteiger partial charge in [-0.25, -0.2) is 9.18 Å². The molecule has 1 saturated heterocycles. The number of urea groups is 1. The van der Waals surface area contributed by atoms with Crippen molar-refractivity contribution in [1.82, 2.24) is 4.90 Å². The van der Waals surface area contributed by atoms with Crippen LogP contribution in [-0.4, -0.2) is 79.4 Å². The van der Waals surface area contributed by atoms with Crippen LogP contribution in [0.1, 0.15) is 53.9 Å². The lowest BCUT2D eigenvalue weighted by molar-refractivity contribution is -0.153. The molecule has 0 spiro atoms. The maximum atomic E-state index is 14.9. The van der Waals surface area contributed by atoms with Gasteiger partial charge in [-0.3, -0.25) is 10.3 Å². The van der Waals surface area contributed by atoms with Crippen LogP contribution < -0.4 is 15.5 Å². The Morgan fingerprint density at radius 3 is 2.50 bits per heavy atom. The van der Waals surface area contributed by atoms with Gasteiger partial charge < -0.3 is 29.3 Å². The normalized spacial score (nSPS) is 16.6. The third-order valence-electron chi connectivity index (χ3n) is 6.12. The summed E-state index contributed by atoms with van der Waals surface area (Å²) in [7, 11) is 0.983. The lowest BCUT2D eigenvalue weighted by Crippen LogP contribution is -2.49. The van der Waals surface area contributed by atoms with E-state index in [-0.39, 0.29) is 24.5 Å². The summed E-state index contributed by atoms with van der Waals surface area (Å²) in [5.41, 5.74) is -3.18. The minimum atomic E-state index is -4.68. The molecule has 9 nitrogen and oxygen atoms in total. The lowest BCUT2D eigenvalue weighted by Gasteiger charge is -2.37. The number of nitrogens with zero attached hydrogens (tertiary/aromatic N) is 1. The minimum absolute atomic E-state index is 0.0460. The SMILES string of the molecule is CCN(C(=N)COC1CCCCO1)C(=O)Nc1cc(OCC(F)(F)F)c([B]OC(C)(C)C(C)(C)O)cc1F. The summed E-state index contributed by atoms with van der Waals surface area (Å²) in [6.07, 6.45) is -2.66. The number of carbonyl (C=O) groups excluding carboxylic acids is 1. The lowest BCUT2D eigenvalue weighted by atomic mass is 9.82. The number of anilines is 1. The van der Waals surface area contributed by atoms with Crippen LogP contribution in [0.2, 0.25) is 0 Å². The summed E-state index contributed by atoms with van der Waals surface area (Å²) in [5.74, 6) is -1.61. The van der Waals surface area contributed by atoms with Crippen LogP contribution in [0.25, 0.3) is 0 Å². The van der Waals surface area contributed by atoms with Crippen molar-refractivity contribution in [2.45, 2.75) is 77.5 Å². The zero-order chi connectivity index (χ0) is 28.7. The molecule has 1 heterocycles. The quantitative estimate of drug-likeness (QED) is 0.167. The summed E-state index contributed by atoms with van der Waals surface area (Å²) in [5, 5.41) is 20.7. The van der Waals surface area contributed by atoms with Crippen LogP contribution in [0.5, 0.6) is 5.75 Å². The third-order valence-corrected chi connectivity index (χ3v) is 6.12. The van der Waals surface area contributed by atoms with E-state index in [4.69, 9.17) is 24.3 Å². The van der Waals surface area contributed by atoms with Gasteiger partial charge in [0.25, 0.3) is 0 Å². The van der Waals surface area contributed by atoms with Gasteiger partial charge in [0.1, 0.15) is 24.0 Å². The van der Waals surface area contributed by atoms with E-state index in [0.717, 1.165) is 37.4 Å². The molecule has 0 aliphatic carbocycles. The summed E-state index contributed by atoms with van der Waals surface area (Å²) >= 11 is 0. The number of ether oxygens (including phenoxy) is 3. The first-order chi connectivity index (χ1) is 17.5. The molecule has 3 N–H and O–H groups in total. The molecule has 1 atom stereocenters. The molecule has 213 valence electrons. The number of hydrogen-bond acceptors (Lipinski definition) is 7. The highest BCUT2D eigenvalue weighted by Crippen LogP contribution is 2.27. The van der Waals surface area contributed by atoms with Gasteiger partial charge in [-0.15, -0.1) is 0 Å². The highest BCUT2D eigenvalue weighted by Gasteiger charge is 2.36. The Labute approximate surface area is 220 Å². The van der Waals surface area contributed by atoms with Crippen molar-refractivity contribution in [3.8, 4) is 5.75 Å². The fraction of sp³-hybridized carbons (Fsp3) is 0.667. The second-order valence-electron chi connectivity index (χ2n) is 9.81. The second kappa shape index (κ2) is 13.1. The van der Waals surface area contributed by atoms with E-state index in [1.807, 2.05) is 0 Å². The zero-order valence-corrected chi connectivity index (χ0v) is 22.2. The van der Waals surface area contributed by atoms with E-state index in [1.54, 1.807) is 20.8 Å². The van der Waals surface area contributed by atoms with Crippen molar-refractivity contribution >= 4 is 30.5 Å². The molecule has 2 amide bonds. The third kappa shape index (κ3) is 9.40. The number of rotatable bonds is 11. The van der Waals surface area contributed by atoms with E-state index in [0.29, 0.717) is 13.0 Å². The first-order valence-electron chi connectivity index (χ1n) is 12.2. The van der Waals surface area contributed by atoms with Gasteiger partial charge >= 0.3 is 19.7 Å². The molecule has 0 aromatic heterocycles. The van der Waals surface area contributed by atoms with Crippen LogP contribution >= 0.6 is 0 Å². The smallest absolute Gasteiger partial charge is 0.422 e. The van der Waals surface area contributed by atoms with Gasteiger partial charge in [0.05, 0.1) is 16.9 Å². The van der Waals surface area contributed by atoms with Crippen molar-refractivity contribution in [2.75, 3.05) is 31.7 Å². The average Bonchev–Trinajstić information content (AvgIpc) is 2.81. The number of benzene rings is 1. The Hall–Kier alpha value is -2.42. The van der Waals surface area contributed by atoms with Crippen molar-refractivity contribution in [3.05, 3.63) is 17.9 Å². The highest BCUT2D eigenvalue weighted by molar-refractivity contribution is 6.48. The average molecular weight is 548 g/mol. The van der Waals surface area contributed by atoms with E-state index in [2.05, 4.69) is 5.32 Å². The standard InChI is InChI=1S/C24H35BF4N3O6/c1-6-32(19(30)13-36-20-9-7-8-10-35-20)21(33)31-17-12-18(37-14-24(27,28)29)15(11-16(17)26)25-38-23(4,5)22(2,3)34/h11-12,20,30,34H,6-10,13-14H2,1-5H3,(H,31,33). The number of amidine groups is 1. The summed E-state index contributed by atoms with van der Waals surface area (Å²) < 4.78 is 74.9. The number of aliphatic hydroxyl groups is 1. The fourth-order valence-electron chi connectivity index (χ4n) is 3.13. The van der Waals surface area contributed by atoms with Gasteiger partial charge in [-0.05, 0) is 65.4 Å². The predicted molar refractivity (Wildman–Crippen MR) is 133 cm³/mol. The first kappa shape index (κ1) is 31.8.